The first-order chi connectivity index (χ1) is 8.44. The standard InChI is InChI=1S/C13H22N2O3/c1-9(2)15(7-11(16)17)12(18)14-8-13(5-6-13)10-3-4-10/h9-10H,3-8H2,1-2H3,(H,14,18)(H,16,17). The fourth-order valence-electron chi connectivity index (χ4n) is 2.57. The lowest BCUT2D eigenvalue weighted by atomic mass is 10.0. The molecule has 0 aromatic heterocycles. The number of carboxylic acid groups (broad SMARTS) is 1. The Morgan fingerprint density at radius 3 is 2.39 bits per heavy atom. The highest BCUT2D eigenvalue weighted by molar-refractivity contribution is 5.80. The molecule has 102 valence electrons. The van der Waals surface area contributed by atoms with E-state index >= 15 is 0 Å². The normalized spacial score (nSPS) is 20.6. The van der Waals surface area contributed by atoms with Crippen molar-refractivity contribution < 1.29 is 14.7 Å². The Balaban J connectivity index is 1.83. The first kappa shape index (κ1) is 13.2. The van der Waals surface area contributed by atoms with Gasteiger partial charge in [0.2, 0.25) is 0 Å². The van der Waals surface area contributed by atoms with E-state index in [1.165, 1.54) is 30.6 Å². The summed E-state index contributed by atoms with van der Waals surface area (Å²) < 4.78 is 0. The van der Waals surface area contributed by atoms with Crippen molar-refractivity contribution in [1.29, 1.82) is 0 Å². The molecule has 0 unspecified atom stereocenters. The number of nitrogens with one attached hydrogen (secondary N) is 1. The van der Waals surface area contributed by atoms with Crippen molar-refractivity contribution in [2.75, 3.05) is 13.1 Å². The van der Waals surface area contributed by atoms with E-state index in [2.05, 4.69) is 5.32 Å². The minimum Gasteiger partial charge on any atom is -0.480 e. The Morgan fingerprint density at radius 1 is 1.39 bits per heavy atom. The molecule has 2 aliphatic carbocycles. The average molecular weight is 254 g/mol. The van der Waals surface area contributed by atoms with Crippen molar-refractivity contribution in [3.63, 3.8) is 0 Å². The molecule has 5 heteroatoms. The van der Waals surface area contributed by atoms with Crippen LogP contribution in [0, 0.1) is 11.3 Å². The Bertz CT molecular complexity index is 346. The van der Waals surface area contributed by atoms with Crippen LogP contribution in [0.15, 0.2) is 0 Å². The highest BCUT2D eigenvalue weighted by Gasteiger charge is 2.53. The van der Waals surface area contributed by atoms with E-state index in [4.69, 9.17) is 5.11 Å². The van der Waals surface area contributed by atoms with Crippen LogP contribution in [0.3, 0.4) is 0 Å². The van der Waals surface area contributed by atoms with Crippen LogP contribution in [0.2, 0.25) is 0 Å². The molecule has 5 nitrogen and oxygen atoms in total. The molecule has 2 amide bonds. The molecule has 0 atom stereocenters. The summed E-state index contributed by atoms with van der Waals surface area (Å²) in [6.07, 6.45) is 4.99. The van der Waals surface area contributed by atoms with Crippen LogP contribution in [-0.4, -0.2) is 41.1 Å². The fourth-order valence-corrected chi connectivity index (χ4v) is 2.57. The van der Waals surface area contributed by atoms with Crippen LogP contribution < -0.4 is 5.32 Å². The third-order valence-corrected chi connectivity index (χ3v) is 4.12. The molecular formula is C13H22N2O3. The number of hydrogen-bond donors (Lipinski definition) is 2. The number of carbonyl (C=O) groups is 2. The Hall–Kier alpha value is -1.26. The third-order valence-electron chi connectivity index (χ3n) is 4.12. The summed E-state index contributed by atoms with van der Waals surface area (Å²) in [6, 6.07) is -0.350. The van der Waals surface area contributed by atoms with E-state index in [0.717, 1.165) is 5.92 Å². The lowest BCUT2D eigenvalue weighted by Crippen LogP contribution is -2.48. The van der Waals surface area contributed by atoms with Crippen molar-refractivity contribution in [3.8, 4) is 0 Å². The molecule has 0 aromatic carbocycles. The number of carbonyl (C=O) groups excluding carboxylic acids is 1. The van der Waals surface area contributed by atoms with E-state index in [1.807, 2.05) is 13.8 Å². The number of aliphatic carboxylic acids is 1. The molecule has 2 saturated carbocycles. The summed E-state index contributed by atoms with van der Waals surface area (Å²) in [4.78, 5) is 24.1. The van der Waals surface area contributed by atoms with Gasteiger partial charge in [-0.05, 0) is 50.9 Å². The van der Waals surface area contributed by atoms with E-state index < -0.39 is 5.97 Å². The minimum absolute atomic E-state index is 0.0998. The van der Waals surface area contributed by atoms with Gasteiger partial charge in [0.25, 0.3) is 0 Å². The van der Waals surface area contributed by atoms with Gasteiger partial charge in [0.15, 0.2) is 0 Å². The predicted molar refractivity (Wildman–Crippen MR) is 67.3 cm³/mol. The van der Waals surface area contributed by atoms with Crippen LogP contribution in [0.25, 0.3) is 0 Å². The molecule has 2 fully saturated rings. The van der Waals surface area contributed by atoms with E-state index in [0.29, 0.717) is 12.0 Å². The highest BCUT2D eigenvalue weighted by atomic mass is 16.4. The Labute approximate surface area is 108 Å². The molecule has 2 N–H and O–H groups in total. The molecular weight excluding hydrogens is 232 g/mol. The van der Waals surface area contributed by atoms with Crippen LogP contribution in [0.4, 0.5) is 4.79 Å². The largest absolute Gasteiger partial charge is 0.480 e. The molecule has 18 heavy (non-hydrogen) atoms. The maximum Gasteiger partial charge on any atom is 0.323 e. The van der Waals surface area contributed by atoms with Gasteiger partial charge >= 0.3 is 12.0 Å². The number of amides is 2. The second-order valence-corrected chi connectivity index (χ2v) is 5.91. The van der Waals surface area contributed by atoms with Gasteiger partial charge in [-0.15, -0.1) is 0 Å². The molecule has 0 saturated heterocycles. The molecule has 0 bridgehead atoms. The van der Waals surface area contributed by atoms with Crippen LogP contribution in [0.5, 0.6) is 0 Å². The van der Waals surface area contributed by atoms with Gasteiger partial charge in [0.1, 0.15) is 6.54 Å². The molecule has 0 aliphatic heterocycles. The quantitative estimate of drug-likeness (QED) is 0.757. The summed E-state index contributed by atoms with van der Waals surface area (Å²) in [7, 11) is 0. The van der Waals surface area contributed by atoms with E-state index in [-0.39, 0.29) is 18.6 Å². The van der Waals surface area contributed by atoms with Gasteiger partial charge in [0.05, 0.1) is 0 Å². The van der Waals surface area contributed by atoms with Crippen molar-refractivity contribution in [2.45, 2.75) is 45.6 Å². The van der Waals surface area contributed by atoms with Gasteiger partial charge in [-0.2, -0.15) is 0 Å². The molecule has 0 radical (unpaired) electrons. The zero-order valence-corrected chi connectivity index (χ0v) is 11.1. The average Bonchev–Trinajstić information content (AvgIpc) is 3.14. The molecule has 0 spiro atoms. The number of carboxylic acids is 1. The van der Waals surface area contributed by atoms with Gasteiger partial charge in [-0.3, -0.25) is 4.79 Å². The summed E-state index contributed by atoms with van der Waals surface area (Å²) in [5, 5.41) is 11.7. The zero-order chi connectivity index (χ0) is 13.3. The number of rotatable bonds is 6. The predicted octanol–water partition coefficient (Wildman–Crippen LogP) is 1.68. The maximum absolute atomic E-state index is 12.0. The lowest BCUT2D eigenvalue weighted by Gasteiger charge is -2.26. The third kappa shape index (κ3) is 2.94. The lowest BCUT2D eigenvalue weighted by molar-refractivity contribution is -0.138. The molecule has 0 aromatic rings. The van der Waals surface area contributed by atoms with Gasteiger partial charge < -0.3 is 15.3 Å². The smallest absolute Gasteiger partial charge is 0.323 e. The maximum atomic E-state index is 12.0. The van der Waals surface area contributed by atoms with E-state index in [1.54, 1.807) is 0 Å². The SMILES string of the molecule is CC(C)N(CC(=O)O)C(=O)NCC1(C2CC2)CC1. The summed E-state index contributed by atoms with van der Waals surface area (Å²) in [5.41, 5.74) is 0.349. The van der Waals surface area contributed by atoms with Crippen LogP contribution in [-0.2, 0) is 4.79 Å². The first-order valence-electron chi connectivity index (χ1n) is 6.71. The van der Waals surface area contributed by atoms with Crippen molar-refractivity contribution >= 4 is 12.0 Å². The van der Waals surface area contributed by atoms with E-state index in [9.17, 15) is 9.59 Å². The fraction of sp³-hybridized carbons (Fsp3) is 0.846. The van der Waals surface area contributed by atoms with Crippen LogP contribution >= 0.6 is 0 Å². The second kappa shape index (κ2) is 4.78. The zero-order valence-electron chi connectivity index (χ0n) is 11.1. The minimum atomic E-state index is -0.970. The number of urea groups is 1. The highest BCUT2D eigenvalue weighted by Crippen LogP contribution is 2.60. The molecule has 0 heterocycles. The topological polar surface area (TPSA) is 69.6 Å². The van der Waals surface area contributed by atoms with Crippen LogP contribution in [0.1, 0.15) is 39.5 Å². The van der Waals surface area contributed by atoms with Gasteiger partial charge in [0, 0.05) is 12.6 Å². The van der Waals surface area contributed by atoms with Gasteiger partial charge in [-0.25, -0.2) is 4.79 Å². The van der Waals surface area contributed by atoms with Crippen molar-refractivity contribution in [2.24, 2.45) is 11.3 Å². The van der Waals surface area contributed by atoms with Crippen molar-refractivity contribution in [1.82, 2.24) is 10.2 Å². The monoisotopic (exact) mass is 254 g/mol. The molecule has 2 aliphatic rings. The summed E-state index contributed by atoms with van der Waals surface area (Å²) in [5.74, 6) is -0.174. The Morgan fingerprint density at radius 2 is 2.00 bits per heavy atom. The Kier molecular flexibility index (Phi) is 3.50. The summed E-state index contributed by atoms with van der Waals surface area (Å²) >= 11 is 0. The first-order valence-corrected chi connectivity index (χ1v) is 6.71. The number of hydrogen-bond acceptors (Lipinski definition) is 2. The van der Waals surface area contributed by atoms with Crippen molar-refractivity contribution in [3.05, 3.63) is 0 Å². The second-order valence-electron chi connectivity index (χ2n) is 5.91. The summed E-state index contributed by atoms with van der Waals surface area (Å²) in [6.45, 7) is 4.13. The molecule has 2 rings (SSSR count). The number of nitrogens with zero attached hydrogens (tertiary/aromatic N) is 1. The van der Waals surface area contributed by atoms with Gasteiger partial charge in [-0.1, -0.05) is 0 Å².